The summed E-state index contributed by atoms with van der Waals surface area (Å²) in [5.41, 5.74) is 3.04. The first-order valence-corrected chi connectivity index (χ1v) is 15.1. The molecule has 0 spiro atoms. The molecule has 0 saturated heterocycles. The van der Waals surface area contributed by atoms with Crippen LogP contribution in [0, 0.1) is 17.5 Å². The fourth-order valence-corrected chi connectivity index (χ4v) is 6.90. The molecule has 0 amide bonds. The molecule has 0 aliphatic carbocycles. The van der Waals surface area contributed by atoms with Gasteiger partial charge in [-0.05, 0) is 53.6 Å². The average molecular weight is 685 g/mol. The third kappa shape index (κ3) is 5.49. The summed E-state index contributed by atoms with van der Waals surface area (Å²) in [6, 6.07) is 28.2. The molecule has 0 unspecified atom stereocenters. The van der Waals surface area contributed by atoms with Crippen LogP contribution in [0.25, 0.3) is 55.6 Å². The van der Waals surface area contributed by atoms with Gasteiger partial charge in [0.15, 0.2) is 0 Å². The Morgan fingerprint density at radius 1 is 0.386 bits per heavy atom. The van der Waals surface area contributed by atoms with Crippen molar-refractivity contribution in [1.82, 2.24) is 0 Å². The number of benzene rings is 6. The summed E-state index contributed by atoms with van der Waals surface area (Å²) < 4.78 is 46.2. The van der Waals surface area contributed by atoms with Crippen molar-refractivity contribution in [3.63, 3.8) is 0 Å². The molecule has 0 bridgehead atoms. The molecular weight excluding hydrogens is 667 g/mol. The Morgan fingerprint density at radius 3 is 1.66 bits per heavy atom. The number of halogens is 8. The Labute approximate surface area is 277 Å². The molecule has 6 rings (SSSR count). The molecular formula is C36H18Cl5F3. The van der Waals surface area contributed by atoms with Crippen LogP contribution in [0.15, 0.2) is 109 Å². The topological polar surface area (TPSA) is 0 Å². The van der Waals surface area contributed by atoms with Crippen LogP contribution in [0.4, 0.5) is 13.2 Å². The zero-order valence-corrected chi connectivity index (χ0v) is 26.2. The van der Waals surface area contributed by atoms with Crippen molar-refractivity contribution in [2.24, 2.45) is 0 Å². The van der Waals surface area contributed by atoms with Gasteiger partial charge in [0.05, 0.1) is 5.02 Å². The van der Waals surface area contributed by atoms with Gasteiger partial charge in [0.2, 0.25) is 0 Å². The van der Waals surface area contributed by atoms with Gasteiger partial charge in [-0.15, -0.1) is 0 Å². The second kappa shape index (κ2) is 12.5. The van der Waals surface area contributed by atoms with Gasteiger partial charge in [-0.1, -0.05) is 119 Å². The summed E-state index contributed by atoms with van der Waals surface area (Å²) in [4.78, 5) is 0. The van der Waals surface area contributed by atoms with Crippen molar-refractivity contribution >= 4 is 58.0 Å². The summed E-state index contributed by atoms with van der Waals surface area (Å²) in [7, 11) is 0. The lowest BCUT2D eigenvalue weighted by molar-refractivity contribution is 0.585. The minimum absolute atomic E-state index is 0.0185. The van der Waals surface area contributed by atoms with Crippen LogP contribution in [-0.2, 0) is 0 Å². The molecule has 0 fully saturated rings. The van der Waals surface area contributed by atoms with Gasteiger partial charge in [-0.3, -0.25) is 0 Å². The van der Waals surface area contributed by atoms with E-state index in [2.05, 4.69) is 0 Å². The maximum Gasteiger partial charge on any atom is 0.133 e. The molecule has 0 radical (unpaired) electrons. The fourth-order valence-electron chi connectivity index (χ4n) is 5.42. The average Bonchev–Trinajstić information content (AvgIpc) is 2.99. The highest BCUT2D eigenvalue weighted by Gasteiger charge is 2.32. The third-order valence-corrected chi connectivity index (χ3v) is 8.81. The van der Waals surface area contributed by atoms with Crippen LogP contribution in [0.2, 0.25) is 25.1 Å². The highest BCUT2D eigenvalue weighted by molar-refractivity contribution is 6.44. The molecule has 0 aromatic heterocycles. The van der Waals surface area contributed by atoms with Crippen LogP contribution in [0.3, 0.4) is 0 Å². The van der Waals surface area contributed by atoms with E-state index in [9.17, 15) is 4.39 Å². The lowest BCUT2D eigenvalue weighted by Crippen LogP contribution is -2.03. The van der Waals surface area contributed by atoms with Crippen molar-refractivity contribution in [1.29, 1.82) is 0 Å². The SMILES string of the molecule is Fc1ccc(-c2c(-c3ccccc3)c(-c3ccccc3F)c(Cl)c(-c3c(Cl)cccc3Cl)c2-c2ccc(Cl)cc2Cl)c(F)c1. The molecule has 0 atom stereocenters. The van der Waals surface area contributed by atoms with Crippen LogP contribution in [0.5, 0.6) is 0 Å². The highest BCUT2D eigenvalue weighted by atomic mass is 35.5. The smallest absolute Gasteiger partial charge is 0.133 e. The molecule has 0 aliphatic rings. The standard InChI is InChI=1S/C36H18Cl5F3/c37-20-13-15-22(27(40)17-20)31-32(24-16-14-21(42)18-29(24)44)30(19-7-2-1-3-8-19)33(23-9-4-5-12-28(23)43)36(41)35(31)34-25(38)10-6-11-26(34)39/h1-18H. The molecule has 6 aromatic carbocycles. The van der Waals surface area contributed by atoms with Crippen LogP contribution < -0.4 is 0 Å². The van der Waals surface area contributed by atoms with Gasteiger partial charge in [0.25, 0.3) is 0 Å². The van der Waals surface area contributed by atoms with Gasteiger partial charge in [-0.2, -0.15) is 0 Å². The first-order chi connectivity index (χ1) is 21.2. The van der Waals surface area contributed by atoms with E-state index in [1.54, 1.807) is 78.9 Å². The Balaban J connectivity index is 1.98. The Bertz CT molecular complexity index is 2040. The summed E-state index contributed by atoms with van der Waals surface area (Å²) in [6.45, 7) is 0. The van der Waals surface area contributed by atoms with Crippen LogP contribution in [-0.4, -0.2) is 0 Å². The van der Waals surface area contributed by atoms with Crippen molar-refractivity contribution < 1.29 is 13.2 Å². The maximum atomic E-state index is 16.0. The van der Waals surface area contributed by atoms with Crippen molar-refractivity contribution in [3.05, 3.63) is 152 Å². The van der Waals surface area contributed by atoms with E-state index in [1.807, 2.05) is 6.07 Å². The Kier molecular flexibility index (Phi) is 8.70. The summed E-state index contributed by atoms with van der Waals surface area (Å²) in [6.07, 6.45) is 0. The predicted molar refractivity (Wildman–Crippen MR) is 179 cm³/mol. The predicted octanol–water partition coefficient (Wildman–Crippen LogP) is 13.7. The molecule has 44 heavy (non-hydrogen) atoms. The van der Waals surface area contributed by atoms with E-state index in [0.29, 0.717) is 32.8 Å². The van der Waals surface area contributed by atoms with Crippen molar-refractivity contribution in [2.45, 2.75) is 0 Å². The van der Waals surface area contributed by atoms with E-state index < -0.39 is 17.5 Å². The summed E-state index contributed by atoms with van der Waals surface area (Å²) >= 11 is 34.2. The fraction of sp³-hybridized carbons (Fsp3) is 0. The maximum absolute atomic E-state index is 16.0. The van der Waals surface area contributed by atoms with E-state index >= 15 is 8.78 Å². The van der Waals surface area contributed by atoms with Crippen LogP contribution >= 0.6 is 58.0 Å². The number of hydrogen-bond donors (Lipinski definition) is 0. The first-order valence-electron chi connectivity index (χ1n) is 13.2. The quantitative estimate of drug-likeness (QED) is 0.170. The molecule has 0 N–H and O–H groups in total. The zero-order valence-electron chi connectivity index (χ0n) is 22.4. The second-order valence-corrected chi connectivity index (χ2v) is 11.9. The van der Waals surface area contributed by atoms with Crippen LogP contribution in [0.1, 0.15) is 0 Å². The molecule has 6 aromatic rings. The Morgan fingerprint density at radius 2 is 1.00 bits per heavy atom. The van der Waals surface area contributed by atoms with E-state index in [0.717, 1.165) is 12.1 Å². The van der Waals surface area contributed by atoms with Gasteiger partial charge in [-0.25, -0.2) is 13.2 Å². The molecule has 0 heterocycles. The largest absolute Gasteiger partial charge is 0.207 e. The molecule has 0 aliphatic heterocycles. The number of hydrogen-bond acceptors (Lipinski definition) is 0. The third-order valence-electron chi connectivity index (χ3n) is 7.26. The Hall–Kier alpha value is -3.44. The highest BCUT2D eigenvalue weighted by Crippen LogP contribution is 2.57. The monoisotopic (exact) mass is 682 g/mol. The molecule has 218 valence electrons. The van der Waals surface area contributed by atoms with Crippen molar-refractivity contribution in [3.8, 4) is 55.6 Å². The minimum Gasteiger partial charge on any atom is -0.207 e. The zero-order chi connectivity index (χ0) is 31.1. The number of rotatable bonds is 5. The second-order valence-electron chi connectivity index (χ2n) is 9.88. The van der Waals surface area contributed by atoms with E-state index in [-0.39, 0.29) is 47.9 Å². The van der Waals surface area contributed by atoms with Gasteiger partial charge in [0.1, 0.15) is 17.5 Å². The summed E-state index contributed by atoms with van der Waals surface area (Å²) in [5.74, 6) is -2.19. The minimum atomic E-state index is -0.855. The molecule has 8 heteroatoms. The first kappa shape index (κ1) is 30.6. The van der Waals surface area contributed by atoms with E-state index in [4.69, 9.17) is 58.0 Å². The molecule has 0 saturated carbocycles. The van der Waals surface area contributed by atoms with Gasteiger partial charge < -0.3 is 0 Å². The normalized spacial score (nSPS) is 11.2. The van der Waals surface area contributed by atoms with Gasteiger partial charge >= 0.3 is 0 Å². The van der Waals surface area contributed by atoms with Crippen molar-refractivity contribution in [2.75, 3.05) is 0 Å². The van der Waals surface area contributed by atoms with E-state index in [1.165, 1.54) is 12.1 Å². The van der Waals surface area contributed by atoms with Gasteiger partial charge in [0, 0.05) is 70.7 Å². The lowest BCUT2D eigenvalue weighted by atomic mass is 9.78. The molecule has 0 nitrogen and oxygen atoms in total. The lowest BCUT2D eigenvalue weighted by Gasteiger charge is -2.27. The summed E-state index contributed by atoms with van der Waals surface area (Å²) in [5, 5.41) is 1.16.